The van der Waals surface area contributed by atoms with E-state index in [1.54, 1.807) is 6.07 Å². The van der Waals surface area contributed by atoms with E-state index in [9.17, 15) is 18.3 Å². The lowest BCUT2D eigenvalue weighted by molar-refractivity contribution is -0.137. The van der Waals surface area contributed by atoms with Crippen LogP contribution in [0.15, 0.2) is 54.6 Å². The highest BCUT2D eigenvalue weighted by Gasteiger charge is 2.56. The lowest BCUT2D eigenvalue weighted by Gasteiger charge is -2.20. The highest BCUT2D eigenvalue weighted by molar-refractivity contribution is 5.34. The van der Waals surface area contributed by atoms with E-state index in [1.807, 2.05) is 30.3 Å². The summed E-state index contributed by atoms with van der Waals surface area (Å²) < 4.78 is 38.1. The molecule has 0 amide bonds. The molecule has 0 radical (unpaired) electrons. The van der Waals surface area contributed by atoms with Gasteiger partial charge in [-0.2, -0.15) is 13.2 Å². The Morgan fingerprint density at radius 2 is 1.88 bits per heavy atom. The van der Waals surface area contributed by atoms with Crippen molar-refractivity contribution < 1.29 is 18.3 Å². The average Bonchev–Trinajstić information content (AvgIpc) is 3.28. The second-order valence-electron chi connectivity index (χ2n) is 6.62. The maximum atomic E-state index is 12.7. The van der Waals surface area contributed by atoms with Crippen LogP contribution >= 0.6 is 0 Å². The van der Waals surface area contributed by atoms with E-state index in [2.05, 4.69) is 5.32 Å². The van der Waals surface area contributed by atoms with Crippen LogP contribution in [0.3, 0.4) is 0 Å². The number of nitrogens with two attached hydrogens (primary N) is 1. The van der Waals surface area contributed by atoms with E-state index in [4.69, 9.17) is 5.73 Å². The van der Waals surface area contributed by atoms with Gasteiger partial charge in [0.1, 0.15) is 0 Å². The molecule has 0 saturated heterocycles. The Hall–Kier alpha value is -1.89. The Kier molecular flexibility index (Phi) is 4.86. The zero-order valence-corrected chi connectivity index (χ0v) is 13.6. The molecular weight excluding hydrogens is 329 g/mol. The molecule has 1 saturated carbocycles. The molecular formula is C19H21F3N2O. The molecule has 2 aromatic rings. The van der Waals surface area contributed by atoms with Crippen LogP contribution in [0.5, 0.6) is 0 Å². The third kappa shape index (κ3) is 4.03. The van der Waals surface area contributed by atoms with Crippen molar-refractivity contribution in [3.8, 4) is 0 Å². The number of benzene rings is 2. The van der Waals surface area contributed by atoms with E-state index < -0.39 is 23.4 Å². The smallest absolute Gasteiger partial charge is 0.390 e. The molecule has 2 unspecified atom stereocenters. The highest BCUT2D eigenvalue weighted by Crippen LogP contribution is 2.51. The topological polar surface area (TPSA) is 58.3 Å². The largest absolute Gasteiger partial charge is 0.416 e. The second-order valence-corrected chi connectivity index (χ2v) is 6.62. The molecule has 4 N–H and O–H groups in total. The van der Waals surface area contributed by atoms with Crippen molar-refractivity contribution in [2.24, 2.45) is 5.73 Å². The van der Waals surface area contributed by atoms with E-state index in [0.29, 0.717) is 12.0 Å². The van der Waals surface area contributed by atoms with Crippen molar-refractivity contribution in [3.05, 3.63) is 71.3 Å². The first-order valence-electron chi connectivity index (χ1n) is 8.19. The summed E-state index contributed by atoms with van der Waals surface area (Å²) in [4.78, 5) is 0. The van der Waals surface area contributed by atoms with E-state index in [-0.39, 0.29) is 19.0 Å². The molecule has 25 heavy (non-hydrogen) atoms. The van der Waals surface area contributed by atoms with Gasteiger partial charge in [-0.15, -0.1) is 0 Å². The summed E-state index contributed by atoms with van der Waals surface area (Å²) in [7, 11) is 0. The van der Waals surface area contributed by atoms with Crippen molar-refractivity contribution in [3.63, 3.8) is 0 Å². The van der Waals surface area contributed by atoms with Gasteiger partial charge in [0.25, 0.3) is 0 Å². The van der Waals surface area contributed by atoms with Crippen molar-refractivity contribution in [2.75, 3.05) is 6.54 Å². The fourth-order valence-electron chi connectivity index (χ4n) is 3.18. The van der Waals surface area contributed by atoms with E-state index in [0.717, 1.165) is 17.7 Å². The minimum absolute atomic E-state index is 0.110. The second kappa shape index (κ2) is 6.78. The number of rotatable bonds is 6. The van der Waals surface area contributed by atoms with Crippen LogP contribution in [0.1, 0.15) is 29.0 Å². The highest BCUT2D eigenvalue weighted by atomic mass is 19.4. The number of nitrogens with one attached hydrogen (secondary N) is 1. The number of halogens is 3. The molecule has 0 aromatic heterocycles. The normalized spacial score (nSPS) is 24.1. The summed E-state index contributed by atoms with van der Waals surface area (Å²) in [6.07, 6.45) is -4.42. The summed E-state index contributed by atoms with van der Waals surface area (Å²) in [5.41, 5.74) is 6.55. The monoisotopic (exact) mass is 350 g/mol. The van der Waals surface area contributed by atoms with E-state index >= 15 is 0 Å². The molecule has 0 spiro atoms. The van der Waals surface area contributed by atoms with Crippen LogP contribution in [0.25, 0.3) is 0 Å². The summed E-state index contributed by atoms with van der Waals surface area (Å²) in [5.74, 6) is 0.110. The molecule has 3 nitrogen and oxygen atoms in total. The van der Waals surface area contributed by atoms with Gasteiger partial charge in [-0.05, 0) is 23.6 Å². The Morgan fingerprint density at radius 3 is 2.56 bits per heavy atom. The maximum absolute atomic E-state index is 12.7. The first-order valence-corrected chi connectivity index (χ1v) is 8.19. The maximum Gasteiger partial charge on any atom is 0.416 e. The zero-order valence-electron chi connectivity index (χ0n) is 13.6. The van der Waals surface area contributed by atoms with Crippen LogP contribution < -0.4 is 11.1 Å². The number of alkyl halides is 3. The zero-order chi connectivity index (χ0) is 18.1. The third-order valence-corrected chi connectivity index (χ3v) is 4.79. The Bertz CT molecular complexity index is 720. The first kappa shape index (κ1) is 17.9. The molecule has 0 heterocycles. The summed E-state index contributed by atoms with van der Waals surface area (Å²) in [5, 5.41) is 13.4. The van der Waals surface area contributed by atoms with Gasteiger partial charge < -0.3 is 16.2 Å². The minimum atomic E-state index is -4.35. The van der Waals surface area contributed by atoms with Gasteiger partial charge in [-0.1, -0.05) is 48.5 Å². The Labute approximate surface area is 144 Å². The fourth-order valence-corrected chi connectivity index (χ4v) is 3.18. The van der Waals surface area contributed by atoms with E-state index in [1.165, 1.54) is 6.07 Å². The van der Waals surface area contributed by atoms with Crippen molar-refractivity contribution in [2.45, 2.75) is 36.7 Å². The van der Waals surface area contributed by atoms with Gasteiger partial charge in [0.05, 0.1) is 17.2 Å². The van der Waals surface area contributed by atoms with Gasteiger partial charge >= 0.3 is 6.18 Å². The summed E-state index contributed by atoms with van der Waals surface area (Å²) in [6.45, 7) is 0.475. The molecule has 1 fully saturated rings. The number of aliphatic hydroxyl groups excluding tert-OH is 1. The van der Waals surface area contributed by atoms with Crippen LogP contribution in [0, 0.1) is 0 Å². The fraction of sp³-hybridized carbons (Fsp3) is 0.368. The molecule has 134 valence electrons. The Morgan fingerprint density at radius 1 is 1.16 bits per heavy atom. The molecule has 1 aliphatic carbocycles. The van der Waals surface area contributed by atoms with Crippen molar-refractivity contribution in [1.29, 1.82) is 0 Å². The van der Waals surface area contributed by atoms with Crippen LogP contribution in [0.2, 0.25) is 0 Å². The first-order chi connectivity index (χ1) is 11.8. The molecule has 2 aromatic carbocycles. The standard InChI is InChI=1S/C19H21F3N2O/c20-19(21,22)15-8-4-5-13(9-15)11-24-12-17(25)18(23)10-16(18)14-6-2-1-3-7-14/h1-9,16-17,24-25H,10-12,23H2/t16?,17-,18?/m1/s1. The van der Waals surface area contributed by atoms with Crippen LogP contribution in [0.4, 0.5) is 13.2 Å². The lowest BCUT2D eigenvalue weighted by atomic mass is 10.0. The summed E-state index contributed by atoms with van der Waals surface area (Å²) in [6, 6.07) is 14.9. The van der Waals surface area contributed by atoms with Gasteiger partial charge in [-0.25, -0.2) is 0 Å². The average molecular weight is 350 g/mol. The number of aliphatic hydroxyl groups is 1. The molecule has 3 rings (SSSR count). The van der Waals surface area contributed by atoms with Crippen LogP contribution in [-0.2, 0) is 12.7 Å². The number of hydrogen-bond acceptors (Lipinski definition) is 3. The molecule has 0 aliphatic heterocycles. The van der Waals surface area contributed by atoms with Gasteiger partial charge in [0.15, 0.2) is 0 Å². The third-order valence-electron chi connectivity index (χ3n) is 4.79. The predicted octanol–water partition coefficient (Wildman–Crippen LogP) is 3.04. The SMILES string of the molecule is NC1([C@H](O)CNCc2cccc(C(F)(F)F)c2)CC1c1ccccc1. The van der Waals surface area contributed by atoms with Crippen LogP contribution in [-0.4, -0.2) is 23.3 Å². The molecule has 1 aliphatic rings. The lowest BCUT2D eigenvalue weighted by Crippen LogP contribution is -2.45. The quantitative estimate of drug-likeness (QED) is 0.751. The van der Waals surface area contributed by atoms with Crippen molar-refractivity contribution in [1.82, 2.24) is 5.32 Å². The molecule has 0 bridgehead atoms. The number of hydrogen-bond donors (Lipinski definition) is 3. The molecule has 6 heteroatoms. The van der Waals surface area contributed by atoms with Gasteiger partial charge in [0.2, 0.25) is 0 Å². The Balaban J connectivity index is 1.53. The predicted molar refractivity (Wildman–Crippen MR) is 89.9 cm³/mol. The van der Waals surface area contributed by atoms with Gasteiger partial charge in [-0.3, -0.25) is 0 Å². The minimum Gasteiger partial charge on any atom is -0.390 e. The van der Waals surface area contributed by atoms with Gasteiger partial charge in [0, 0.05) is 19.0 Å². The van der Waals surface area contributed by atoms with Crippen molar-refractivity contribution >= 4 is 0 Å². The summed E-state index contributed by atoms with van der Waals surface area (Å²) >= 11 is 0. The molecule has 3 atom stereocenters.